The number of hydrazone groups is 1. The zero-order chi connectivity index (χ0) is 20.8. The molecule has 0 unspecified atom stereocenters. The summed E-state index contributed by atoms with van der Waals surface area (Å²) in [7, 11) is 1.64. The number of carbonyl (C=O) groups excluding carboxylic acids is 2. The zero-order valence-electron chi connectivity index (χ0n) is 17.3. The van der Waals surface area contributed by atoms with Crippen molar-refractivity contribution >= 4 is 18.0 Å². The SMILES string of the molecule is COc1ccc(-n2c(C)cc(/C=N\NC(=O)C(=O)N3CCCCCC3)c2C)cc1. The van der Waals surface area contributed by atoms with Gasteiger partial charge in [0.1, 0.15) is 5.75 Å². The molecule has 1 aromatic heterocycles. The summed E-state index contributed by atoms with van der Waals surface area (Å²) in [6.07, 6.45) is 5.68. The number of rotatable bonds is 4. The second kappa shape index (κ2) is 9.41. The number of carbonyl (C=O) groups is 2. The maximum Gasteiger partial charge on any atom is 0.329 e. The van der Waals surface area contributed by atoms with Gasteiger partial charge in [0.05, 0.1) is 13.3 Å². The van der Waals surface area contributed by atoms with Crippen LogP contribution >= 0.6 is 0 Å². The molecule has 7 nitrogen and oxygen atoms in total. The van der Waals surface area contributed by atoms with Crippen LogP contribution in [0.25, 0.3) is 5.69 Å². The van der Waals surface area contributed by atoms with Crippen molar-refractivity contribution in [1.29, 1.82) is 0 Å². The molecule has 0 aliphatic carbocycles. The smallest absolute Gasteiger partial charge is 0.329 e. The minimum Gasteiger partial charge on any atom is -0.497 e. The minimum atomic E-state index is -0.688. The molecule has 1 aliphatic rings. The van der Waals surface area contributed by atoms with Gasteiger partial charge in [-0.15, -0.1) is 0 Å². The Kier molecular flexibility index (Phi) is 6.69. The van der Waals surface area contributed by atoms with Crippen molar-refractivity contribution in [1.82, 2.24) is 14.9 Å². The molecule has 2 amide bonds. The van der Waals surface area contributed by atoms with Gasteiger partial charge in [-0.2, -0.15) is 5.10 Å². The van der Waals surface area contributed by atoms with Gasteiger partial charge in [0.25, 0.3) is 0 Å². The molecule has 1 saturated heterocycles. The van der Waals surface area contributed by atoms with Gasteiger partial charge in [0, 0.05) is 35.7 Å². The van der Waals surface area contributed by atoms with Crippen LogP contribution in [0, 0.1) is 13.8 Å². The summed E-state index contributed by atoms with van der Waals surface area (Å²) in [4.78, 5) is 26.1. The second-order valence-electron chi connectivity index (χ2n) is 7.27. The third-order valence-corrected chi connectivity index (χ3v) is 5.26. The standard InChI is InChI=1S/C22H28N4O3/c1-16-14-18(17(2)26(16)19-8-10-20(29-3)11-9-19)15-23-24-21(27)22(28)25-12-6-4-5-7-13-25/h8-11,14-15H,4-7,12-13H2,1-3H3,(H,24,27)/b23-15-. The fourth-order valence-corrected chi connectivity index (χ4v) is 3.67. The van der Waals surface area contributed by atoms with E-state index in [9.17, 15) is 9.59 Å². The van der Waals surface area contributed by atoms with Crippen LogP contribution in [0.3, 0.4) is 0 Å². The highest BCUT2D eigenvalue weighted by atomic mass is 16.5. The topological polar surface area (TPSA) is 75.9 Å². The van der Waals surface area contributed by atoms with Gasteiger partial charge >= 0.3 is 11.8 Å². The van der Waals surface area contributed by atoms with Crippen LogP contribution in [0.5, 0.6) is 5.75 Å². The highest BCUT2D eigenvalue weighted by molar-refractivity contribution is 6.35. The van der Waals surface area contributed by atoms with Crippen molar-refractivity contribution in [2.24, 2.45) is 5.10 Å². The second-order valence-corrected chi connectivity index (χ2v) is 7.27. The first-order chi connectivity index (χ1) is 14.0. The fourth-order valence-electron chi connectivity index (χ4n) is 3.67. The number of hydrogen-bond acceptors (Lipinski definition) is 4. The Bertz CT molecular complexity index is 892. The number of ether oxygens (including phenoxy) is 1. The maximum atomic E-state index is 12.3. The molecule has 1 fully saturated rings. The Morgan fingerprint density at radius 3 is 2.34 bits per heavy atom. The summed E-state index contributed by atoms with van der Waals surface area (Å²) in [5.41, 5.74) is 6.30. The summed E-state index contributed by atoms with van der Waals surface area (Å²) in [5.74, 6) is -0.394. The highest BCUT2D eigenvalue weighted by Crippen LogP contribution is 2.22. The van der Waals surface area contributed by atoms with Gasteiger partial charge in [0.15, 0.2) is 0 Å². The Balaban J connectivity index is 1.67. The number of aryl methyl sites for hydroxylation is 1. The third kappa shape index (κ3) is 4.85. The number of nitrogens with zero attached hydrogens (tertiary/aromatic N) is 3. The lowest BCUT2D eigenvalue weighted by atomic mass is 10.2. The molecular formula is C22H28N4O3. The van der Waals surface area contributed by atoms with E-state index in [-0.39, 0.29) is 0 Å². The maximum absolute atomic E-state index is 12.3. The van der Waals surface area contributed by atoms with Crippen LogP contribution in [0.2, 0.25) is 0 Å². The van der Waals surface area contributed by atoms with E-state index in [1.54, 1.807) is 18.2 Å². The molecule has 2 heterocycles. The molecule has 1 aliphatic heterocycles. The van der Waals surface area contributed by atoms with Crippen LogP contribution in [0.1, 0.15) is 42.6 Å². The summed E-state index contributed by atoms with van der Waals surface area (Å²) in [5, 5.41) is 4.01. The van der Waals surface area contributed by atoms with Crippen molar-refractivity contribution in [3.8, 4) is 11.4 Å². The lowest BCUT2D eigenvalue weighted by molar-refractivity contribution is -0.145. The van der Waals surface area contributed by atoms with Gasteiger partial charge in [-0.05, 0) is 57.0 Å². The van der Waals surface area contributed by atoms with Crippen LogP contribution in [0.4, 0.5) is 0 Å². The van der Waals surface area contributed by atoms with Crippen LogP contribution in [-0.2, 0) is 9.59 Å². The van der Waals surface area contributed by atoms with Crippen LogP contribution < -0.4 is 10.2 Å². The van der Waals surface area contributed by atoms with E-state index >= 15 is 0 Å². The molecule has 0 bridgehead atoms. The first-order valence-electron chi connectivity index (χ1n) is 9.97. The molecule has 29 heavy (non-hydrogen) atoms. The number of amides is 2. The number of methoxy groups -OCH3 is 1. The van der Waals surface area contributed by atoms with Gasteiger partial charge in [-0.25, -0.2) is 5.43 Å². The third-order valence-electron chi connectivity index (χ3n) is 5.26. The number of likely N-dealkylation sites (tertiary alicyclic amines) is 1. The number of benzene rings is 1. The van der Waals surface area contributed by atoms with E-state index < -0.39 is 11.8 Å². The highest BCUT2D eigenvalue weighted by Gasteiger charge is 2.22. The van der Waals surface area contributed by atoms with Gasteiger partial charge in [0.2, 0.25) is 0 Å². The summed E-state index contributed by atoms with van der Waals surface area (Å²) in [6.45, 7) is 5.27. The molecular weight excluding hydrogens is 368 g/mol. The normalized spacial score (nSPS) is 14.7. The number of nitrogens with one attached hydrogen (secondary N) is 1. The molecule has 3 rings (SSSR count). The first-order valence-corrected chi connectivity index (χ1v) is 9.97. The Morgan fingerprint density at radius 1 is 1.07 bits per heavy atom. The molecule has 7 heteroatoms. The summed E-state index contributed by atoms with van der Waals surface area (Å²) < 4.78 is 7.32. The van der Waals surface area contributed by atoms with Crippen molar-refractivity contribution in [3.63, 3.8) is 0 Å². The van der Waals surface area contributed by atoms with Crippen LogP contribution in [-0.4, -0.2) is 47.7 Å². The molecule has 0 spiro atoms. The first kappa shape index (κ1) is 20.6. The quantitative estimate of drug-likeness (QED) is 0.490. The van der Waals surface area contributed by atoms with E-state index in [0.717, 1.165) is 54.1 Å². The van der Waals surface area contributed by atoms with Gasteiger partial charge in [-0.1, -0.05) is 12.8 Å². The summed E-state index contributed by atoms with van der Waals surface area (Å²) >= 11 is 0. The van der Waals surface area contributed by atoms with Gasteiger partial charge < -0.3 is 14.2 Å². The number of aromatic nitrogens is 1. The molecule has 1 N–H and O–H groups in total. The lowest BCUT2D eigenvalue weighted by Gasteiger charge is -2.18. The Morgan fingerprint density at radius 2 is 1.72 bits per heavy atom. The lowest BCUT2D eigenvalue weighted by Crippen LogP contribution is -2.41. The average Bonchev–Trinajstić information content (AvgIpc) is 2.91. The van der Waals surface area contributed by atoms with E-state index in [1.165, 1.54) is 0 Å². The Hall–Kier alpha value is -3.09. The van der Waals surface area contributed by atoms with E-state index in [1.807, 2.05) is 44.2 Å². The predicted octanol–water partition coefficient (Wildman–Crippen LogP) is 2.96. The van der Waals surface area contributed by atoms with E-state index in [4.69, 9.17) is 4.74 Å². The van der Waals surface area contributed by atoms with Crippen molar-refractivity contribution in [2.75, 3.05) is 20.2 Å². The van der Waals surface area contributed by atoms with Crippen molar-refractivity contribution in [2.45, 2.75) is 39.5 Å². The molecule has 0 saturated carbocycles. The molecule has 154 valence electrons. The minimum absolute atomic E-state index is 0.507. The number of hydrogen-bond donors (Lipinski definition) is 1. The largest absolute Gasteiger partial charge is 0.497 e. The average molecular weight is 396 g/mol. The monoisotopic (exact) mass is 396 g/mol. The predicted molar refractivity (Wildman–Crippen MR) is 113 cm³/mol. The van der Waals surface area contributed by atoms with E-state index in [2.05, 4.69) is 15.1 Å². The van der Waals surface area contributed by atoms with Crippen molar-refractivity contribution in [3.05, 3.63) is 47.3 Å². The van der Waals surface area contributed by atoms with E-state index in [0.29, 0.717) is 13.1 Å². The summed E-state index contributed by atoms with van der Waals surface area (Å²) in [6, 6.07) is 9.79. The Labute approximate surface area is 171 Å². The molecule has 0 radical (unpaired) electrons. The fraction of sp³-hybridized carbons (Fsp3) is 0.409. The van der Waals surface area contributed by atoms with Crippen molar-refractivity contribution < 1.29 is 14.3 Å². The molecule has 2 aromatic rings. The van der Waals surface area contributed by atoms with Gasteiger partial charge in [-0.3, -0.25) is 9.59 Å². The molecule has 0 atom stereocenters. The van der Waals surface area contributed by atoms with Crippen LogP contribution in [0.15, 0.2) is 35.4 Å². The zero-order valence-corrected chi connectivity index (χ0v) is 17.3. The molecule has 1 aromatic carbocycles.